The van der Waals surface area contributed by atoms with Crippen LogP contribution in [0.3, 0.4) is 0 Å². The maximum Gasteiger partial charge on any atom is 0.416 e. The van der Waals surface area contributed by atoms with Crippen molar-refractivity contribution in [3.8, 4) is 11.3 Å². The van der Waals surface area contributed by atoms with Gasteiger partial charge in [-0.05, 0) is 37.1 Å². The monoisotopic (exact) mass is 433 g/mol. The fourth-order valence-electron chi connectivity index (χ4n) is 3.24. The minimum atomic E-state index is -4.43. The normalized spacial score (nSPS) is 16.6. The van der Waals surface area contributed by atoms with E-state index >= 15 is 0 Å². The summed E-state index contributed by atoms with van der Waals surface area (Å²) in [6.45, 7) is 0.953. The van der Waals surface area contributed by atoms with Crippen LogP contribution in [-0.4, -0.2) is 35.1 Å². The Balaban J connectivity index is 1.65. The van der Waals surface area contributed by atoms with E-state index in [2.05, 4.69) is 9.97 Å². The Morgan fingerprint density at radius 1 is 1.23 bits per heavy atom. The molecule has 0 unspecified atom stereocenters. The fraction of sp³-hybridized carbons (Fsp3) is 0.286. The Kier molecular flexibility index (Phi) is 5.83. The van der Waals surface area contributed by atoms with E-state index in [4.69, 9.17) is 4.74 Å². The summed E-state index contributed by atoms with van der Waals surface area (Å²) >= 11 is 1.20. The van der Waals surface area contributed by atoms with E-state index in [1.54, 1.807) is 29.6 Å². The van der Waals surface area contributed by atoms with E-state index < -0.39 is 11.7 Å². The predicted molar refractivity (Wildman–Crippen MR) is 107 cm³/mol. The molecule has 2 aromatic heterocycles. The van der Waals surface area contributed by atoms with Crippen molar-refractivity contribution in [3.05, 3.63) is 65.3 Å². The lowest BCUT2D eigenvalue weighted by atomic mass is 10.1. The average molecular weight is 433 g/mol. The molecule has 5 nitrogen and oxygen atoms in total. The number of halogens is 3. The van der Waals surface area contributed by atoms with E-state index in [0.29, 0.717) is 29.5 Å². The minimum Gasteiger partial charge on any atom is -0.376 e. The summed E-state index contributed by atoms with van der Waals surface area (Å²) in [6.07, 6.45) is -1.26. The molecule has 1 aliphatic rings. The number of carbonyl (C=O) groups is 1. The Bertz CT molecular complexity index is 1020. The van der Waals surface area contributed by atoms with E-state index in [0.717, 1.165) is 25.0 Å². The van der Waals surface area contributed by atoms with Crippen molar-refractivity contribution < 1.29 is 22.7 Å². The Labute approximate surface area is 175 Å². The van der Waals surface area contributed by atoms with Crippen LogP contribution in [0.5, 0.6) is 0 Å². The number of thiazole rings is 1. The van der Waals surface area contributed by atoms with Gasteiger partial charge in [-0.15, -0.1) is 11.3 Å². The van der Waals surface area contributed by atoms with Crippen molar-refractivity contribution in [2.75, 3.05) is 18.1 Å². The highest BCUT2D eigenvalue weighted by Crippen LogP contribution is 2.34. The van der Waals surface area contributed by atoms with Gasteiger partial charge in [0.15, 0.2) is 5.13 Å². The molecule has 0 spiro atoms. The first kappa shape index (κ1) is 20.5. The molecule has 4 rings (SSSR count). The van der Waals surface area contributed by atoms with Crippen molar-refractivity contribution in [3.63, 3.8) is 0 Å². The van der Waals surface area contributed by atoms with Crippen LogP contribution >= 0.6 is 11.3 Å². The second-order valence-electron chi connectivity index (χ2n) is 6.86. The Hall–Kier alpha value is -2.78. The number of benzene rings is 1. The van der Waals surface area contributed by atoms with Crippen LogP contribution in [0.4, 0.5) is 18.3 Å². The third-order valence-corrected chi connectivity index (χ3v) is 5.61. The van der Waals surface area contributed by atoms with E-state index in [1.165, 1.54) is 28.5 Å². The molecule has 1 aliphatic heterocycles. The molecule has 0 aliphatic carbocycles. The highest BCUT2D eigenvalue weighted by atomic mass is 32.1. The maximum atomic E-state index is 13.1. The summed E-state index contributed by atoms with van der Waals surface area (Å²) < 4.78 is 44.8. The van der Waals surface area contributed by atoms with Crippen LogP contribution in [0.2, 0.25) is 0 Å². The highest BCUT2D eigenvalue weighted by Gasteiger charge is 2.31. The van der Waals surface area contributed by atoms with Gasteiger partial charge in [-0.1, -0.05) is 18.2 Å². The summed E-state index contributed by atoms with van der Waals surface area (Å²) in [7, 11) is 0. The van der Waals surface area contributed by atoms with Crippen LogP contribution in [0.25, 0.3) is 11.3 Å². The van der Waals surface area contributed by atoms with Crippen molar-refractivity contribution >= 4 is 22.4 Å². The second-order valence-corrected chi connectivity index (χ2v) is 7.70. The van der Waals surface area contributed by atoms with Gasteiger partial charge in [-0.3, -0.25) is 14.7 Å². The molecular weight excluding hydrogens is 415 g/mol. The largest absolute Gasteiger partial charge is 0.416 e. The number of amides is 1. The van der Waals surface area contributed by atoms with Crippen LogP contribution in [0.1, 0.15) is 28.9 Å². The molecule has 30 heavy (non-hydrogen) atoms. The molecular formula is C21H18F3N3O2S. The van der Waals surface area contributed by atoms with E-state index in [1.807, 2.05) is 0 Å². The number of carbonyl (C=O) groups excluding carboxylic acids is 1. The van der Waals surface area contributed by atoms with Gasteiger partial charge in [0.1, 0.15) is 5.69 Å². The van der Waals surface area contributed by atoms with Gasteiger partial charge in [0.05, 0.1) is 23.9 Å². The summed E-state index contributed by atoms with van der Waals surface area (Å²) in [5.74, 6) is -0.323. The van der Waals surface area contributed by atoms with Crippen molar-refractivity contribution in [2.45, 2.75) is 25.1 Å². The van der Waals surface area contributed by atoms with Gasteiger partial charge >= 0.3 is 6.18 Å². The molecule has 9 heteroatoms. The summed E-state index contributed by atoms with van der Waals surface area (Å²) in [5.41, 5.74) is 0.253. The van der Waals surface area contributed by atoms with Gasteiger partial charge in [-0.2, -0.15) is 13.2 Å². The Morgan fingerprint density at radius 3 is 2.80 bits per heavy atom. The number of nitrogens with zero attached hydrogens (tertiary/aromatic N) is 3. The number of rotatable bonds is 5. The van der Waals surface area contributed by atoms with Gasteiger partial charge < -0.3 is 4.74 Å². The third-order valence-electron chi connectivity index (χ3n) is 4.75. The van der Waals surface area contributed by atoms with Crippen molar-refractivity contribution in [1.29, 1.82) is 0 Å². The fourth-order valence-corrected chi connectivity index (χ4v) is 4.08. The quantitative estimate of drug-likeness (QED) is 0.565. The first-order chi connectivity index (χ1) is 14.4. The first-order valence-electron chi connectivity index (χ1n) is 9.39. The zero-order valence-electron chi connectivity index (χ0n) is 15.8. The lowest BCUT2D eigenvalue weighted by Crippen LogP contribution is -2.37. The molecule has 1 atom stereocenters. The molecule has 0 saturated carbocycles. The molecule has 156 valence electrons. The van der Waals surface area contributed by atoms with Gasteiger partial charge in [0.2, 0.25) is 0 Å². The zero-order valence-corrected chi connectivity index (χ0v) is 16.6. The van der Waals surface area contributed by atoms with Crippen LogP contribution in [0, 0.1) is 0 Å². The van der Waals surface area contributed by atoms with Crippen LogP contribution < -0.4 is 4.90 Å². The van der Waals surface area contributed by atoms with Crippen LogP contribution in [0.15, 0.2) is 54.0 Å². The second kappa shape index (κ2) is 8.53. The van der Waals surface area contributed by atoms with Crippen molar-refractivity contribution in [1.82, 2.24) is 9.97 Å². The lowest BCUT2D eigenvalue weighted by Gasteiger charge is -2.22. The third kappa shape index (κ3) is 4.52. The van der Waals surface area contributed by atoms with Crippen LogP contribution in [-0.2, 0) is 10.9 Å². The topological polar surface area (TPSA) is 55.3 Å². The summed E-state index contributed by atoms with van der Waals surface area (Å²) in [5, 5.41) is 2.05. The summed E-state index contributed by atoms with van der Waals surface area (Å²) in [4.78, 5) is 23.2. The van der Waals surface area contributed by atoms with E-state index in [-0.39, 0.29) is 17.7 Å². The first-order valence-corrected chi connectivity index (χ1v) is 10.3. The molecule has 0 bridgehead atoms. The zero-order chi connectivity index (χ0) is 21.1. The predicted octanol–water partition coefficient (Wildman–Crippen LogP) is 5.05. The number of alkyl halides is 3. The molecule has 1 fully saturated rings. The number of anilines is 1. The smallest absolute Gasteiger partial charge is 0.376 e. The van der Waals surface area contributed by atoms with E-state index in [9.17, 15) is 18.0 Å². The highest BCUT2D eigenvalue weighted by molar-refractivity contribution is 7.14. The Morgan fingerprint density at radius 2 is 2.10 bits per heavy atom. The molecule has 1 saturated heterocycles. The van der Waals surface area contributed by atoms with Gasteiger partial charge in [-0.25, -0.2) is 4.98 Å². The number of hydrogen-bond donors (Lipinski definition) is 0. The molecule has 3 heterocycles. The minimum absolute atomic E-state index is 0.112. The molecule has 1 amide bonds. The van der Waals surface area contributed by atoms with Gasteiger partial charge in [0.25, 0.3) is 5.91 Å². The van der Waals surface area contributed by atoms with Crippen molar-refractivity contribution in [2.24, 2.45) is 0 Å². The standard InChI is InChI=1S/C21H18F3N3O2S/c22-21(23,24)15-6-3-5-14(11-15)18-13-30-20(26-18)27(12-16-7-4-10-29-16)19(28)17-8-1-2-9-25-17/h1-3,5-6,8-9,11,13,16H,4,7,10,12H2/t16-/m1/s1. The molecule has 0 radical (unpaired) electrons. The number of ether oxygens (including phenoxy) is 1. The molecule has 1 aromatic carbocycles. The maximum absolute atomic E-state index is 13.1. The summed E-state index contributed by atoms with van der Waals surface area (Å²) in [6, 6.07) is 10.1. The average Bonchev–Trinajstić information content (AvgIpc) is 3.44. The molecule has 0 N–H and O–H groups in total. The number of aromatic nitrogens is 2. The number of pyridine rings is 1. The van der Waals surface area contributed by atoms with Gasteiger partial charge in [0, 0.05) is 23.7 Å². The lowest BCUT2D eigenvalue weighted by molar-refractivity contribution is -0.137. The molecule has 3 aromatic rings. The number of hydrogen-bond acceptors (Lipinski definition) is 5. The SMILES string of the molecule is O=C(c1ccccn1)N(C[C@H]1CCCO1)c1nc(-c2cccc(C(F)(F)F)c2)cs1.